The molecular formula is C14H18N2O5. The first kappa shape index (κ1) is 16.5. The second-order valence-electron chi connectivity index (χ2n) is 3.79. The monoisotopic (exact) mass is 294 g/mol. The van der Waals surface area contributed by atoms with E-state index in [1.165, 1.54) is 13.3 Å². The third kappa shape index (κ3) is 3.95. The number of pyridine rings is 1. The van der Waals surface area contributed by atoms with Gasteiger partial charge >= 0.3 is 11.9 Å². The lowest BCUT2D eigenvalue weighted by Gasteiger charge is -2.12. The summed E-state index contributed by atoms with van der Waals surface area (Å²) in [6, 6.07) is 3.19. The van der Waals surface area contributed by atoms with E-state index in [0.29, 0.717) is 5.56 Å². The van der Waals surface area contributed by atoms with E-state index in [9.17, 15) is 9.59 Å². The van der Waals surface area contributed by atoms with Crippen molar-refractivity contribution in [3.63, 3.8) is 0 Å². The summed E-state index contributed by atoms with van der Waals surface area (Å²) >= 11 is 0. The SMILES string of the molecule is CCOC(=O)C(C(=O)OCC)=C(N)c1cccnc1OC. The predicted octanol–water partition coefficient (Wildman–Crippen LogP) is 0.886. The zero-order valence-corrected chi connectivity index (χ0v) is 12.2. The molecule has 1 rings (SSSR count). The Morgan fingerprint density at radius 1 is 1.19 bits per heavy atom. The van der Waals surface area contributed by atoms with Crippen molar-refractivity contribution in [3.8, 4) is 5.88 Å². The molecule has 114 valence electrons. The van der Waals surface area contributed by atoms with Gasteiger partial charge < -0.3 is 19.9 Å². The maximum absolute atomic E-state index is 12.0. The molecule has 0 aliphatic rings. The van der Waals surface area contributed by atoms with Gasteiger partial charge in [-0.2, -0.15) is 0 Å². The van der Waals surface area contributed by atoms with Gasteiger partial charge in [0, 0.05) is 6.20 Å². The van der Waals surface area contributed by atoms with Gasteiger partial charge in [-0.15, -0.1) is 0 Å². The van der Waals surface area contributed by atoms with Gasteiger partial charge in [0.2, 0.25) is 5.88 Å². The van der Waals surface area contributed by atoms with Crippen molar-refractivity contribution in [1.82, 2.24) is 4.98 Å². The summed E-state index contributed by atoms with van der Waals surface area (Å²) in [7, 11) is 1.41. The van der Waals surface area contributed by atoms with Crippen LogP contribution in [0.5, 0.6) is 5.88 Å². The molecule has 0 spiro atoms. The lowest BCUT2D eigenvalue weighted by Crippen LogP contribution is -2.22. The summed E-state index contributed by atoms with van der Waals surface area (Å²) in [6.45, 7) is 3.47. The number of carbonyl (C=O) groups is 2. The minimum absolute atomic E-state index is 0.100. The van der Waals surface area contributed by atoms with Crippen molar-refractivity contribution >= 4 is 17.6 Å². The molecule has 7 heteroatoms. The minimum Gasteiger partial charge on any atom is -0.481 e. The third-order valence-corrected chi connectivity index (χ3v) is 2.48. The largest absolute Gasteiger partial charge is 0.481 e. The van der Waals surface area contributed by atoms with Crippen LogP contribution in [-0.2, 0) is 19.1 Å². The maximum Gasteiger partial charge on any atom is 0.347 e. The van der Waals surface area contributed by atoms with Crippen molar-refractivity contribution in [2.24, 2.45) is 5.73 Å². The predicted molar refractivity (Wildman–Crippen MR) is 75.2 cm³/mol. The Kier molecular flexibility index (Phi) is 6.19. The highest BCUT2D eigenvalue weighted by Gasteiger charge is 2.27. The minimum atomic E-state index is -0.848. The quantitative estimate of drug-likeness (QED) is 0.360. The first-order chi connectivity index (χ1) is 10.1. The highest BCUT2D eigenvalue weighted by atomic mass is 16.6. The number of esters is 2. The van der Waals surface area contributed by atoms with Crippen LogP contribution in [0, 0.1) is 0 Å². The molecule has 1 aromatic rings. The maximum atomic E-state index is 12.0. The number of nitrogens with two attached hydrogens (primary N) is 1. The average Bonchev–Trinajstić information content (AvgIpc) is 2.47. The first-order valence-electron chi connectivity index (χ1n) is 6.40. The summed E-state index contributed by atoms with van der Waals surface area (Å²) in [4.78, 5) is 27.9. The van der Waals surface area contributed by atoms with Crippen molar-refractivity contribution < 1.29 is 23.8 Å². The van der Waals surface area contributed by atoms with Crippen LogP contribution < -0.4 is 10.5 Å². The van der Waals surface area contributed by atoms with Crippen LogP contribution in [-0.4, -0.2) is 37.2 Å². The van der Waals surface area contributed by atoms with E-state index >= 15 is 0 Å². The molecule has 21 heavy (non-hydrogen) atoms. The summed E-state index contributed by atoms with van der Waals surface area (Å²) in [6.07, 6.45) is 1.50. The molecule has 0 aliphatic carbocycles. The average molecular weight is 294 g/mol. The fourth-order valence-electron chi connectivity index (χ4n) is 1.60. The Hall–Kier alpha value is -2.57. The molecule has 2 N–H and O–H groups in total. The van der Waals surface area contributed by atoms with Gasteiger partial charge in [0.15, 0.2) is 5.57 Å². The van der Waals surface area contributed by atoms with Gasteiger partial charge in [-0.05, 0) is 26.0 Å². The van der Waals surface area contributed by atoms with Crippen LogP contribution in [0.1, 0.15) is 19.4 Å². The number of aromatic nitrogens is 1. The van der Waals surface area contributed by atoms with E-state index in [2.05, 4.69) is 4.98 Å². The standard InChI is InChI=1S/C14H18N2O5/c1-4-20-13(17)10(14(18)21-5-2)11(15)9-7-6-8-16-12(9)19-3/h6-8H,4-5,15H2,1-3H3. The molecule has 0 atom stereocenters. The van der Waals surface area contributed by atoms with E-state index < -0.39 is 11.9 Å². The molecule has 1 aromatic heterocycles. The molecule has 0 bridgehead atoms. The van der Waals surface area contributed by atoms with Crippen molar-refractivity contribution in [2.75, 3.05) is 20.3 Å². The molecule has 0 fully saturated rings. The molecule has 0 aliphatic heterocycles. The number of carbonyl (C=O) groups excluding carboxylic acids is 2. The molecule has 0 saturated carbocycles. The number of ether oxygens (including phenoxy) is 3. The van der Waals surface area contributed by atoms with Crippen molar-refractivity contribution in [2.45, 2.75) is 13.8 Å². The molecule has 1 heterocycles. The number of rotatable bonds is 6. The van der Waals surface area contributed by atoms with Gasteiger partial charge in [-0.3, -0.25) is 0 Å². The number of methoxy groups -OCH3 is 1. The number of hydrogen-bond acceptors (Lipinski definition) is 7. The first-order valence-corrected chi connectivity index (χ1v) is 6.40. The highest BCUT2D eigenvalue weighted by molar-refractivity contribution is 6.19. The normalized spacial score (nSPS) is 9.67. The van der Waals surface area contributed by atoms with Crippen molar-refractivity contribution in [1.29, 1.82) is 0 Å². The Morgan fingerprint density at radius 3 is 2.24 bits per heavy atom. The summed E-state index contributed by atoms with van der Waals surface area (Å²) in [5.74, 6) is -1.50. The molecular weight excluding hydrogens is 276 g/mol. The van der Waals surface area contributed by atoms with E-state index in [4.69, 9.17) is 19.9 Å². The van der Waals surface area contributed by atoms with E-state index in [1.807, 2.05) is 0 Å². The molecule has 0 saturated heterocycles. The van der Waals surface area contributed by atoms with Gasteiger partial charge in [0.1, 0.15) is 0 Å². The lowest BCUT2D eigenvalue weighted by molar-refractivity contribution is -0.146. The second-order valence-corrected chi connectivity index (χ2v) is 3.79. The zero-order valence-electron chi connectivity index (χ0n) is 12.2. The zero-order chi connectivity index (χ0) is 15.8. The van der Waals surface area contributed by atoms with Gasteiger partial charge in [0.25, 0.3) is 0 Å². The summed E-state index contributed by atoms with van der Waals surface area (Å²) in [5.41, 5.74) is 5.78. The van der Waals surface area contributed by atoms with Crippen LogP contribution in [0.2, 0.25) is 0 Å². The fraction of sp³-hybridized carbons (Fsp3) is 0.357. The van der Waals surface area contributed by atoms with Crippen molar-refractivity contribution in [3.05, 3.63) is 29.5 Å². The van der Waals surface area contributed by atoms with Gasteiger partial charge in [0.05, 0.1) is 31.6 Å². The topological polar surface area (TPSA) is 101 Å². The van der Waals surface area contributed by atoms with E-state index in [0.717, 1.165) is 0 Å². The Labute approximate surface area is 122 Å². The second kappa shape index (κ2) is 7.88. The summed E-state index contributed by atoms with van der Waals surface area (Å²) < 4.78 is 14.8. The Morgan fingerprint density at radius 2 is 1.76 bits per heavy atom. The van der Waals surface area contributed by atoms with Crippen LogP contribution in [0.4, 0.5) is 0 Å². The molecule has 0 aromatic carbocycles. The smallest absolute Gasteiger partial charge is 0.347 e. The van der Waals surface area contributed by atoms with Crippen LogP contribution in [0.3, 0.4) is 0 Å². The number of hydrogen-bond donors (Lipinski definition) is 1. The Balaban J connectivity index is 3.38. The lowest BCUT2D eigenvalue weighted by atomic mass is 10.1. The Bertz CT molecular complexity index is 534. The van der Waals surface area contributed by atoms with Crippen LogP contribution >= 0.6 is 0 Å². The van der Waals surface area contributed by atoms with Crippen LogP contribution in [0.25, 0.3) is 5.70 Å². The van der Waals surface area contributed by atoms with Gasteiger partial charge in [-0.1, -0.05) is 0 Å². The molecule has 0 unspecified atom stereocenters. The van der Waals surface area contributed by atoms with E-state index in [1.54, 1.807) is 26.0 Å². The molecule has 0 radical (unpaired) electrons. The van der Waals surface area contributed by atoms with E-state index in [-0.39, 0.29) is 30.4 Å². The molecule has 0 amide bonds. The summed E-state index contributed by atoms with van der Waals surface area (Å²) in [5, 5.41) is 0. The fourth-order valence-corrected chi connectivity index (χ4v) is 1.60. The molecule has 7 nitrogen and oxygen atoms in total. The highest BCUT2D eigenvalue weighted by Crippen LogP contribution is 2.23. The third-order valence-electron chi connectivity index (χ3n) is 2.48. The number of nitrogens with zero attached hydrogens (tertiary/aromatic N) is 1. The van der Waals surface area contributed by atoms with Gasteiger partial charge in [-0.25, -0.2) is 14.6 Å². The van der Waals surface area contributed by atoms with Crippen LogP contribution in [0.15, 0.2) is 23.9 Å².